The molecular formula is C16H24N4O2. The number of nitrogens with two attached hydrogens (primary N) is 1. The molecule has 1 aromatic carbocycles. The first-order valence-corrected chi connectivity index (χ1v) is 7.63. The van der Waals surface area contributed by atoms with Crippen LogP contribution in [0.4, 0.5) is 5.69 Å². The van der Waals surface area contributed by atoms with Gasteiger partial charge in [0.25, 0.3) is 0 Å². The van der Waals surface area contributed by atoms with E-state index >= 15 is 0 Å². The molecule has 2 rings (SSSR count). The van der Waals surface area contributed by atoms with E-state index in [1.54, 1.807) is 0 Å². The lowest BCUT2D eigenvalue weighted by atomic mass is 10.1. The number of carbonyl (C=O) groups excluding carboxylic acids is 2. The molecule has 0 aromatic heterocycles. The van der Waals surface area contributed by atoms with Crippen LogP contribution < -0.4 is 11.1 Å². The van der Waals surface area contributed by atoms with Gasteiger partial charge in [0, 0.05) is 44.8 Å². The molecule has 0 unspecified atom stereocenters. The van der Waals surface area contributed by atoms with Crippen LogP contribution in [0.1, 0.15) is 12.0 Å². The van der Waals surface area contributed by atoms with Crippen LogP contribution in [0.25, 0.3) is 0 Å². The molecule has 6 nitrogen and oxygen atoms in total. The van der Waals surface area contributed by atoms with E-state index in [4.69, 9.17) is 5.73 Å². The van der Waals surface area contributed by atoms with Crippen molar-refractivity contribution in [2.24, 2.45) is 5.73 Å². The van der Waals surface area contributed by atoms with Crippen LogP contribution in [-0.4, -0.2) is 61.4 Å². The number of benzene rings is 1. The Balaban J connectivity index is 1.85. The van der Waals surface area contributed by atoms with Crippen LogP contribution in [0.2, 0.25) is 0 Å². The Morgan fingerprint density at radius 3 is 2.36 bits per heavy atom. The molecule has 0 bridgehead atoms. The van der Waals surface area contributed by atoms with Crippen LogP contribution in [0.3, 0.4) is 0 Å². The molecule has 3 N–H and O–H groups in total. The highest BCUT2D eigenvalue weighted by Gasteiger charge is 2.18. The number of carbonyl (C=O) groups is 2. The second kappa shape index (κ2) is 7.91. The number of amides is 2. The molecule has 22 heavy (non-hydrogen) atoms. The number of hydrogen-bond acceptors (Lipinski definition) is 4. The van der Waals surface area contributed by atoms with Crippen LogP contribution in [-0.2, 0) is 16.0 Å². The lowest BCUT2D eigenvalue weighted by molar-refractivity contribution is -0.132. The number of anilines is 1. The topological polar surface area (TPSA) is 78.7 Å². The summed E-state index contributed by atoms with van der Waals surface area (Å²) in [6.07, 6.45) is 0.713. The highest BCUT2D eigenvalue weighted by Crippen LogP contribution is 2.12. The maximum atomic E-state index is 12.2. The molecule has 1 fully saturated rings. The van der Waals surface area contributed by atoms with Gasteiger partial charge in [-0.05, 0) is 24.7 Å². The van der Waals surface area contributed by atoms with Gasteiger partial charge in [-0.2, -0.15) is 0 Å². The SMILES string of the molecule is CN1CCN(C(=O)Cc2ccc(NC(=O)CCN)cc2)CC1. The van der Waals surface area contributed by atoms with Gasteiger partial charge in [0.05, 0.1) is 6.42 Å². The number of nitrogens with zero attached hydrogens (tertiary/aromatic N) is 2. The average molecular weight is 304 g/mol. The van der Waals surface area contributed by atoms with Crippen molar-refractivity contribution in [1.82, 2.24) is 9.80 Å². The first-order chi connectivity index (χ1) is 10.6. The van der Waals surface area contributed by atoms with Crippen molar-refractivity contribution in [3.8, 4) is 0 Å². The molecule has 0 spiro atoms. The van der Waals surface area contributed by atoms with Gasteiger partial charge in [-0.25, -0.2) is 0 Å². The minimum Gasteiger partial charge on any atom is -0.340 e. The quantitative estimate of drug-likeness (QED) is 0.819. The van der Waals surface area contributed by atoms with Gasteiger partial charge in [-0.3, -0.25) is 9.59 Å². The lowest BCUT2D eigenvalue weighted by Gasteiger charge is -2.32. The molecule has 0 atom stereocenters. The molecule has 0 radical (unpaired) electrons. The van der Waals surface area contributed by atoms with E-state index in [0.29, 0.717) is 19.4 Å². The molecule has 1 aliphatic rings. The maximum absolute atomic E-state index is 12.2. The Labute approximate surface area is 131 Å². The summed E-state index contributed by atoms with van der Waals surface area (Å²) < 4.78 is 0. The molecule has 120 valence electrons. The Morgan fingerprint density at radius 2 is 1.77 bits per heavy atom. The highest BCUT2D eigenvalue weighted by atomic mass is 16.2. The molecule has 1 saturated heterocycles. The van der Waals surface area contributed by atoms with Crippen molar-refractivity contribution in [1.29, 1.82) is 0 Å². The smallest absolute Gasteiger partial charge is 0.227 e. The zero-order valence-electron chi connectivity index (χ0n) is 13.0. The van der Waals surface area contributed by atoms with E-state index in [2.05, 4.69) is 17.3 Å². The van der Waals surface area contributed by atoms with Gasteiger partial charge in [0.1, 0.15) is 0 Å². The number of hydrogen-bond donors (Lipinski definition) is 2. The van der Waals surface area contributed by atoms with E-state index in [1.165, 1.54) is 0 Å². The number of nitrogens with one attached hydrogen (secondary N) is 1. The highest BCUT2D eigenvalue weighted by molar-refractivity contribution is 5.90. The van der Waals surface area contributed by atoms with E-state index < -0.39 is 0 Å². The molecule has 2 amide bonds. The first kappa shape index (κ1) is 16.5. The van der Waals surface area contributed by atoms with Gasteiger partial charge < -0.3 is 20.9 Å². The minimum atomic E-state index is -0.0937. The second-order valence-electron chi connectivity index (χ2n) is 5.64. The Hall–Kier alpha value is -1.92. The number of rotatable bonds is 5. The van der Waals surface area contributed by atoms with E-state index in [0.717, 1.165) is 37.4 Å². The zero-order chi connectivity index (χ0) is 15.9. The van der Waals surface area contributed by atoms with Crippen molar-refractivity contribution in [3.63, 3.8) is 0 Å². The zero-order valence-corrected chi connectivity index (χ0v) is 13.0. The predicted octanol–water partition coefficient (Wildman–Crippen LogP) is 0.290. The summed E-state index contributed by atoms with van der Waals surface area (Å²) in [5, 5.41) is 2.77. The average Bonchev–Trinajstić information content (AvgIpc) is 2.50. The minimum absolute atomic E-state index is 0.0937. The van der Waals surface area contributed by atoms with Gasteiger partial charge >= 0.3 is 0 Å². The third-order valence-electron chi connectivity index (χ3n) is 3.82. The largest absolute Gasteiger partial charge is 0.340 e. The fourth-order valence-electron chi connectivity index (χ4n) is 2.40. The first-order valence-electron chi connectivity index (χ1n) is 7.63. The summed E-state index contributed by atoms with van der Waals surface area (Å²) in [5.74, 6) is 0.0665. The molecule has 1 aliphatic heterocycles. The maximum Gasteiger partial charge on any atom is 0.227 e. The van der Waals surface area contributed by atoms with Gasteiger partial charge in [-0.1, -0.05) is 12.1 Å². The number of piperazine rings is 1. The van der Waals surface area contributed by atoms with Gasteiger partial charge in [0.15, 0.2) is 0 Å². The van der Waals surface area contributed by atoms with Crippen molar-refractivity contribution in [3.05, 3.63) is 29.8 Å². The van der Waals surface area contributed by atoms with E-state index in [-0.39, 0.29) is 11.8 Å². The van der Waals surface area contributed by atoms with E-state index in [9.17, 15) is 9.59 Å². The fraction of sp³-hybridized carbons (Fsp3) is 0.500. The molecule has 1 aromatic rings. The molecule has 1 heterocycles. The summed E-state index contributed by atoms with van der Waals surface area (Å²) in [7, 11) is 2.07. The summed E-state index contributed by atoms with van der Waals surface area (Å²) in [4.78, 5) is 27.8. The summed E-state index contributed by atoms with van der Waals surface area (Å²) in [6, 6.07) is 7.40. The van der Waals surface area contributed by atoms with E-state index in [1.807, 2.05) is 29.2 Å². The standard InChI is InChI=1S/C16H24N4O2/c1-19-8-10-20(11-9-19)16(22)12-13-2-4-14(5-3-13)18-15(21)6-7-17/h2-5H,6-12,17H2,1H3,(H,18,21). The van der Waals surface area contributed by atoms with Crippen LogP contribution in [0, 0.1) is 0 Å². The Bertz CT molecular complexity index is 507. The van der Waals surface area contributed by atoms with Crippen molar-refractivity contribution in [2.45, 2.75) is 12.8 Å². The lowest BCUT2D eigenvalue weighted by Crippen LogP contribution is -2.47. The Kier molecular flexibility index (Phi) is 5.91. The summed E-state index contributed by atoms with van der Waals surface area (Å²) in [5.41, 5.74) is 7.03. The second-order valence-corrected chi connectivity index (χ2v) is 5.64. The molecule has 0 saturated carbocycles. The number of likely N-dealkylation sites (N-methyl/N-ethyl adjacent to an activating group) is 1. The predicted molar refractivity (Wildman–Crippen MR) is 86.5 cm³/mol. The van der Waals surface area contributed by atoms with Crippen molar-refractivity contribution >= 4 is 17.5 Å². The third kappa shape index (κ3) is 4.82. The molecule has 0 aliphatic carbocycles. The Morgan fingerprint density at radius 1 is 1.14 bits per heavy atom. The van der Waals surface area contributed by atoms with Crippen LogP contribution in [0.5, 0.6) is 0 Å². The van der Waals surface area contributed by atoms with Crippen LogP contribution in [0.15, 0.2) is 24.3 Å². The molecular weight excluding hydrogens is 280 g/mol. The van der Waals surface area contributed by atoms with Crippen molar-refractivity contribution < 1.29 is 9.59 Å². The normalized spacial score (nSPS) is 15.6. The molecule has 6 heteroatoms. The fourth-order valence-corrected chi connectivity index (χ4v) is 2.40. The monoisotopic (exact) mass is 304 g/mol. The summed E-state index contributed by atoms with van der Waals surface area (Å²) >= 11 is 0. The van der Waals surface area contributed by atoms with Gasteiger partial charge in [-0.15, -0.1) is 0 Å². The van der Waals surface area contributed by atoms with Crippen LogP contribution >= 0.6 is 0 Å². The van der Waals surface area contributed by atoms with Crippen molar-refractivity contribution in [2.75, 3.05) is 45.1 Å². The van der Waals surface area contributed by atoms with Gasteiger partial charge in [0.2, 0.25) is 11.8 Å². The summed E-state index contributed by atoms with van der Waals surface area (Å²) in [6.45, 7) is 3.78. The third-order valence-corrected chi connectivity index (χ3v) is 3.82.